The summed E-state index contributed by atoms with van der Waals surface area (Å²) in [6.07, 6.45) is 2.58. The molecule has 174 valence electrons. The standard InChI is InChI=1S/C24H20ClN3O5S/c25-23-12-11-22(15-26-23)34(30,31)28(16-21-10-5-13-32-21)17-24(29)27-18-6-4-9-20(14-18)33-19-7-2-1-3-8-19/h1-15H,16-17H2,(H,27,29). The van der Waals surface area contributed by atoms with Crippen molar-refractivity contribution in [3.63, 3.8) is 0 Å². The number of ether oxygens (including phenoxy) is 1. The van der Waals surface area contributed by atoms with Gasteiger partial charge in [0.05, 0.1) is 19.4 Å². The molecule has 0 fully saturated rings. The second-order valence-corrected chi connectivity index (χ2v) is 9.49. The fraction of sp³-hybridized carbons (Fsp3) is 0.0833. The van der Waals surface area contributed by atoms with Gasteiger partial charge in [-0.3, -0.25) is 4.79 Å². The number of nitrogens with zero attached hydrogens (tertiary/aromatic N) is 2. The minimum atomic E-state index is -4.06. The van der Waals surface area contributed by atoms with Gasteiger partial charge in [-0.15, -0.1) is 0 Å². The number of furan rings is 1. The number of benzene rings is 2. The van der Waals surface area contributed by atoms with E-state index in [-0.39, 0.29) is 16.6 Å². The second-order valence-electron chi connectivity index (χ2n) is 7.16. The van der Waals surface area contributed by atoms with Crippen molar-refractivity contribution >= 4 is 33.2 Å². The summed E-state index contributed by atoms with van der Waals surface area (Å²) in [5.41, 5.74) is 0.460. The molecule has 4 rings (SSSR count). The highest BCUT2D eigenvalue weighted by Crippen LogP contribution is 2.24. The van der Waals surface area contributed by atoms with E-state index in [9.17, 15) is 13.2 Å². The number of carbonyl (C=O) groups is 1. The normalized spacial score (nSPS) is 11.4. The lowest BCUT2D eigenvalue weighted by atomic mass is 10.3. The van der Waals surface area contributed by atoms with Crippen LogP contribution in [0, 0.1) is 0 Å². The molecular weight excluding hydrogens is 478 g/mol. The molecule has 2 heterocycles. The highest BCUT2D eigenvalue weighted by molar-refractivity contribution is 7.89. The largest absolute Gasteiger partial charge is 0.468 e. The predicted molar refractivity (Wildman–Crippen MR) is 127 cm³/mol. The van der Waals surface area contributed by atoms with Gasteiger partial charge in [-0.05, 0) is 48.5 Å². The molecule has 2 aromatic carbocycles. The van der Waals surface area contributed by atoms with Gasteiger partial charge < -0.3 is 14.5 Å². The van der Waals surface area contributed by atoms with Gasteiger partial charge in [-0.2, -0.15) is 4.31 Å². The van der Waals surface area contributed by atoms with Crippen LogP contribution < -0.4 is 10.1 Å². The minimum Gasteiger partial charge on any atom is -0.468 e. The molecule has 0 atom stereocenters. The third-order valence-corrected chi connectivity index (χ3v) is 6.67. The smallest absolute Gasteiger partial charge is 0.245 e. The maximum Gasteiger partial charge on any atom is 0.245 e. The lowest BCUT2D eigenvalue weighted by Crippen LogP contribution is -2.37. The summed E-state index contributed by atoms with van der Waals surface area (Å²) in [6, 6.07) is 22.0. The van der Waals surface area contributed by atoms with Gasteiger partial charge >= 0.3 is 0 Å². The minimum absolute atomic E-state index is 0.0884. The Morgan fingerprint density at radius 2 is 1.79 bits per heavy atom. The zero-order valence-electron chi connectivity index (χ0n) is 17.8. The first-order valence-corrected chi connectivity index (χ1v) is 12.0. The maximum atomic E-state index is 13.2. The van der Waals surface area contributed by atoms with E-state index in [4.69, 9.17) is 20.8 Å². The molecule has 1 N–H and O–H groups in total. The van der Waals surface area contributed by atoms with Crippen molar-refractivity contribution < 1.29 is 22.4 Å². The highest BCUT2D eigenvalue weighted by Gasteiger charge is 2.28. The molecule has 0 bridgehead atoms. The van der Waals surface area contributed by atoms with Crippen LogP contribution in [0.25, 0.3) is 0 Å². The summed E-state index contributed by atoms with van der Waals surface area (Å²) in [5, 5.41) is 2.88. The average molecular weight is 498 g/mol. The van der Waals surface area contributed by atoms with Crippen LogP contribution in [0.5, 0.6) is 11.5 Å². The Morgan fingerprint density at radius 3 is 2.50 bits per heavy atom. The van der Waals surface area contributed by atoms with E-state index in [2.05, 4.69) is 10.3 Å². The fourth-order valence-corrected chi connectivity index (χ4v) is 4.51. The summed E-state index contributed by atoms with van der Waals surface area (Å²) in [7, 11) is -4.06. The number of aromatic nitrogens is 1. The van der Waals surface area contributed by atoms with E-state index in [1.807, 2.05) is 30.3 Å². The van der Waals surface area contributed by atoms with Crippen molar-refractivity contribution in [2.75, 3.05) is 11.9 Å². The van der Waals surface area contributed by atoms with E-state index in [0.717, 1.165) is 10.5 Å². The number of pyridine rings is 1. The van der Waals surface area contributed by atoms with Crippen LogP contribution in [-0.2, 0) is 21.4 Å². The van der Waals surface area contributed by atoms with Gasteiger partial charge in [0.15, 0.2) is 0 Å². The summed E-state index contributed by atoms with van der Waals surface area (Å²) in [4.78, 5) is 16.6. The summed E-state index contributed by atoms with van der Waals surface area (Å²) in [5.74, 6) is 1.03. The zero-order valence-corrected chi connectivity index (χ0v) is 19.4. The average Bonchev–Trinajstić information content (AvgIpc) is 3.33. The number of anilines is 1. The molecule has 0 radical (unpaired) electrons. The topological polar surface area (TPSA) is 102 Å². The molecule has 0 saturated heterocycles. The van der Waals surface area contributed by atoms with Crippen LogP contribution in [0.3, 0.4) is 0 Å². The lowest BCUT2D eigenvalue weighted by molar-refractivity contribution is -0.116. The van der Waals surface area contributed by atoms with Crippen LogP contribution >= 0.6 is 11.6 Å². The Bertz CT molecular complexity index is 1350. The van der Waals surface area contributed by atoms with E-state index in [1.165, 1.54) is 18.4 Å². The molecule has 0 aliphatic carbocycles. The first kappa shape index (κ1) is 23.5. The highest BCUT2D eigenvalue weighted by atomic mass is 35.5. The number of para-hydroxylation sites is 1. The number of hydrogen-bond acceptors (Lipinski definition) is 6. The van der Waals surface area contributed by atoms with E-state index in [0.29, 0.717) is 22.9 Å². The van der Waals surface area contributed by atoms with Gasteiger partial charge in [0, 0.05) is 18.0 Å². The maximum absolute atomic E-state index is 13.2. The SMILES string of the molecule is O=C(CN(Cc1ccco1)S(=O)(=O)c1ccc(Cl)nc1)Nc1cccc(Oc2ccccc2)c1. The van der Waals surface area contributed by atoms with Gasteiger partial charge in [-0.25, -0.2) is 13.4 Å². The monoisotopic (exact) mass is 497 g/mol. The number of amides is 1. The Labute approximate surface area is 201 Å². The molecule has 34 heavy (non-hydrogen) atoms. The zero-order chi connectivity index (χ0) is 24.0. The first-order valence-electron chi connectivity index (χ1n) is 10.2. The fourth-order valence-electron chi connectivity index (χ4n) is 3.09. The number of rotatable bonds is 9. The molecule has 10 heteroatoms. The number of sulfonamides is 1. The van der Waals surface area contributed by atoms with Crippen LogP contribution in [0.2, 0.25) is 5.15 Å². The van der Waals surface area contributed by atoms with Crippen LogP contribution in [-0.4, -0.2) is 30.2 Å². The summed E-state index contributed by atoms with van der Waals surface area (Å²) < 4.78 is 38.5. The number of nitrogens with one attached hydrogen (secondary N) is 1. The molecule has 8 nitrogen and oxygen atoms in total. The summed E-state index contributed by atoms with van der Waals surface area (Å²) >= 11 is 5.79. The molecule has 0 aliphatic heterocycles. The third-order valence-electron chi connectivity index (χ3n) is 4.67. The summed E-state index contributed by atoms with van der Waals surface area (Å²) in [6.45, 7) is -0.585. The van der Waals surface area contributed by atoms with Crippen LogP contribution in [0.1, 0.15) is 5.76 Å². The first-order chi connectivity index (χ1) is 16.4. The molecular formula is C24H20ClN3O5S. The number of halogens is 1. The molecule has 0 saturated carbocycles. The predicted octanol–water partition coefficient (Wildman–Crippen LogP) is 4.95. The Balaban J connectivity index is 1.51. The molecule has 0 unspecified atom stereocenters. The molecule has 1 amide bonds. The quantitative estimate of drug-likeness (QED) is 0.328. The molecule has 0 aliphatic rings. The van der Waals surface area contributed by atoms with Gasteiger partial charge in [0.25, 0.3) is 0 Å². The van der Waals surface area contributed by atoms with E-state index < -0.39 is 22.5 Å². The van der Waals surface area contributed by atoms with E-state index >= 15 is 0 Å². The van der Waals surface area contributed by atoms with Crippen molar-refractivity contribution in [1.82, 2.24) is 9.29 Å². The van der Waals surface area contributed by atoms with Crippen molar-refractivity contribution in [2.45, 2.75) is 11.4 Å². The Hall–Kier alpha value is -3.66. The Kier molecular flexibility index (Phi) is 7.27. The van der Waals surface area contributed by atoms with Crippen LogP contribution in [0.4, 0.5) is 5.69 Å². The van der Waals surface area contributed by atoms with Crippen molar-refractivity contribution in [2.24, 2.45) is 0 Å². The van der Waals surface area contributed by atoms with Gasteiger partial charge in [-0.1, -0.05) is 35.9 Å². The van der Waals surface area contributed by atoms with Gasteiger partial charge in [0.1, 0.15) is 27.3 Å². The number of hydrogen-bond donors (Lipinski definition) is 1. The van der Waals surface area contributed by atoms with Crippen molar-refractivity contribution in [3.8, 4) is 11.5 Å². The third kappa shape index (κ3) is 6.02. The van der Waals surface area contributed by atoms with Crippen LogP contribution in [0.15, 0.2) is 101 Å². The number of carbonyl (C=O) groups excluding carboxylic acids is 1. The van der Waals surface area contributed by atoms with Crippen molar-refractivity contribution in [3.05, 3.63) is 102 Å². The van der Waals surface area contributed by atoms with Crippen molar-refractivity contribution in [1.29, 1.82) is 0 Å². The van der Waals surface area contributed by atoms with E-state index in [1.54, 1.807) is 36.4 Å². The van der Waals surface area contributed by atoms with Gasteiger partial charge in [0.2, 0.25) is 15.9 Å². The molecule has 0 spiro atoms. The second kappa shape index (κ2) is 10.5. The molecule has 2 aromatic heterocycles. The lowest BCUT2D eigenvalue weighted by Gasteiger charge is -2.21. The Morgan fingerprint density at radius 1 is 1.00 bits per heavy atom. The molecule has 4 aromatic rings.